The number of nitrogens with one attached hydrogen (secondary N) is 1. The molecule has 4 rings (SSSR count). The first-order valence-electron chi connectivity index (χ1n) is 12.1. The molecule has 37 heavy (non-hydrogen) atoms. The number of rotatable bonds is 10. The van der Waals surface area contributed by atoms with Gasteiger partial charge in [-0.25, -0.2) is 8.42 Å². The molecule has 0 aromatic heterocycles. The molecule has 1 amide bonds. The first-order valence-corrected chi connectivity index (χ1v) is 13.5. The lowest BCUT2D eigenvalue weighted by molar-refractivity contribution is 0.0947. The van der Waals surface area contributed by atoms with E-state index in [1.807, 2.05) is 62.4 Å². The van der Waals surface area contributed by atoms with Crippen LogP contribution in [0.2, 0.25) is 0 Å². The zero-order valence-electron chi connectivity index (χ0n) is 20.9. The van der Waals surface area contributed by atoms with Crippen LogP contribution in [-0.4, -0.2) is 27.5 Å². The van der Waals surface area contributed by atoms with Crippen LogP contribution >= 0.6 is 0 Å². The van der Waals surface area contributed by atoms with Crippen molar-refractivity contribution in [3.8, 4) is 5.75 Å². The summed E-state index contributed by atoms with van der Waals surface area (Å²) >= 11 is 0. The maximum absolute atomic E-state index is 13.8. The molecule has 0 atom stereocenters. The predicted octanol–water partition coefficient (Wildman–Crippen LogP) is 5.51. The van der Waals surface area contributed by atoms with E-state index in [2.05, 4.69) is 5.32 Å². The number of hydrogen-bond donors (Lipinski definition) is 1. The molecule has 0 saturated heterocycles. The zero-order valence-corrected chi connectivity index (χ0v) is 21.7. The highest BCUT2D eigenvalue weighted by Gasteiger charge is 2.28. The summed E-state index contributed by atoms with van der Waals surface area (Å²) in [7, 11) is -3.95. The van der Waals surface area contributed by atoms with Crippen LogP contribution in [0, 0.1) is 13.8 Å². The first kappa shape index (κ1) is 26.0. The lowest BCUT2D eigenvalue weighted by Gasteiger charge is -2.26. The van der Waals surface area contributed by atoms with Crippen molar-refractivity contribution in [2.45, 2.75) is 25.3 Å². The second-order valence-electron chi connectivity index (χ2n) is 8.68. The molecule has 4 aromatic carbocycles. The van der Waals surface area contributed by atoms with E-state index in [1.54, 1.807) is 54.6 Å². The van der Waals surface area contributed by atoms with Gasteiger partial charge in [0.25, 0.3) is 15.9 Å². The van der Waals surface area contributed by atoms with E-state index in [-0.39, 0.29) is 36.1 Å². The van der Waals surface area contributed by atoms with E-state index in [0.29, 0.717) is 5.69 Å². The van der Waals surface area contributed by atoms with E-state index < -0.39 is 10.0 Å². The number of sulfonamides is 1. The Bertz CT molecular complexity index is 1460. The summed E-state index contributed by atoms with van der Waals surface area (Å²) in [6.45, 7) is 4.69. The molecule has 0 saturated carbocycles. The van der Waals surface area contributed by atoms with E-state index in [4.69, 9.17) is 4.74 Å². The maximum Gasteiger partial charge on any atom is 0.264 e. The van der Waals surface area contributed by atoms with E-state index in [9.17, 15) is 13.2 Å². The number of carbonyl (C=O) groups excluding carboxylic acids is 1. The number of ether oxygens (including phenoxy) is 1. The molecular weight excluding hydrogens is 484 g/mol. The van der Waals surface area contributed by atoms with E-state index >= 15 is 0 Å². The van der Waals surface area contributed by atoms with Gasteiger partial charge in [0.15, 0.2) is 0 Å². The molecule has 0 radical (unpaired) electrons. The van der Waals surface area contributed by atoms with Crippen molar-refractivity contribution in [2.24, 2.45) is 0 Å². The van der Waals surface area contributed by atoms with Crippen molar-refractivity contribution in [3.05, 3.63) is 125 Å². The first-order chi connectivity index (χ1) is 17.9. The lowest BCUT2D eigenvalue weighted by atomic mass is 10.1. The van der Waals surface area contributed by atoms with Gasteiger partial charge in [-0.3, -0.25) is 9.10 Å². The summed E-state index contributed by atoms with van der Waals surface area (Å²) in [6, 6.07) is 30.1. The quantitative estimate of drug-likeness (QED) is 0.283. The smallest absolute Gasteiger partial charge is 0.264 e. The normalized spacial score (nSPS) is 11.1. The van der Waals surface area contributed by atoms with E-state index in [1.165, 1.54) is 9.87 Å². The summed E-state index contributed by atoms with van der Waals surface area (Å²) in [5, 5.41) is 2.86. The molecule has 0 spiro atoms. The van der Waals surface area contributed by atoms with Gasteiger partial charge in [-0.2, -0.15) is 0 Å². The van der Waals surface area contributed by atoms with Crippen LogP contribution < -0.4 is 14.4 Å². The number of para-hydroxylation sites is 1. The topological polar surface area (TPSA) is 75.7 Å². The lowest BCUT2D eigenvalue weighted by Crippen LogP contribution is -2.34. The molecule has 1 N–H and O–H groups in total. The maximum atomic E-state index is 13.8. The molecule has 0 fully saturated rings. The SMILES string of the molecule is Cc1ccc(OCCNC(=O)c2ccccc2N(Cc2ccccc2)S(=O)(=O)c2ccccc2)cc1C. The van der Waals surface area contributed by atoms with Crippen LogP contribution in [0.15, 0.2) is 108 Å². The standard InChI is InChI=1S/C30H30N2O4S/c1-23-17-18-26(21-24(23)2)36-20-19-31-30(33)28-15-9-10-16-29(28)32(22-25-11-5-3-6-12-25)37(34,35)27-13-7-4-8-14-27/h3-18,21H,19-20,22H2,1-2H3,(H,31,33). The van der Waals surface area contributed by atoms with Gasteiger partial charge in [-0.15, -0.1) is 0 Å². The third kappa shape index (κ3) is 6.37. The summed E-state index contributed by atoms with van der Waals surface area (Å²) in [6.07, 6.45) is 0. The molecular formula is C30H30N2O4S. The average molecular weight is 515 g/mol. The van der Waals surface area contributed by atoms with Crippen LogP contribution in [-0.2, 0) is 16.6 Å². The van der Waals surface area contributed by atoms with Crippen LogP contribution in [0.25, 0.3) is 0 Å². The van der Waals surface area contributed by atoms with Gasteiger partial charge in [0.1, 0.15) is 12.4 Å². The summed E-state index contributed by atoms with van der Waals surface area (Å²) in [5.41, 5.74) is 3.70. The molecule has 0 aliphatic heterocycles. The van der Waals surface area contributed by atoms with E-state index in [0.717, 1.165) is 16.9 Å². The number of nitrogens with zero attached hydrogens (tertiary/aromatic N) is 1. The van der Waals surface area contributed by atoms with Crippen LogP contribution in [0.3, 0.4) is 0 Å². The Labute approximate surface area is 218 Å². The van der Waals surface area contributed by atoms with Gasteiger partial charge in [-0.1, -0.05) is 66.7 Å². The third-order valence-corrected chi connectivity index (χ3v) is 7.83. The summed E-state index contributed by atoms with van der Waals surface area (Å²) < 4.78 is 34.6. The Balaban J connectivity index is 1.56. The highest BCUT2D eigenvalue weighted by molar-refractivity contribution is 7.92. The van der Waals surface area contributed by atoms with Crippen LogP contribution in [0.5, 0.6) is 5.75 Å². The van der Waals surface area contributed by atoms with Crippen LogP contribution in [0.1, 0.15) is 27.0 Å². The molecule has 0 aliphatic carbocycles. The van der Waals surface area contributed by atoms with Crippen LogP contribution in [0.4, 0.5) is 5.69 Å². The molecule has 4 aromatic rings. The highest BCUT2D eigenvalue weighted by atomic mass is 32.2. The number of anilines is 1. The molecule has 0 heterocycles. The number of aryl methyl sites for hydroxylation is 2. The van der Waals surface area contributed by atoms with Gasteiger partial charge in [0, 0.05) is 0 Å². The third-order valence-electron chi connectivity index (χ3n) is 6.05. The second-order valence-corrected chi connectivity index (χ2v) is 10.5. The molecule has 0 unspecified atom stereocenters. The number of carbonyl (C=O) groups is 1. The van der Waals surface area contributed by atoms with Crippen molar-refractivity contribution in [1.29, 1.82) is 0 Å². The minimum absolute atomic E-state index is 0.0816. The molecule has 6 nitrogen and oxygen atoms in total. The Morgan fingerprint density at radius 1 is 0.811 bits per heavy atom. The van der Waals surface area contributed by atoms with Crippen molar-refractivity contribution in [1.82, 2.24) is 5.32 Å². The zero-order chi connectivity index (χ0) is 26.3. The number of benzene rings is 4. The minimum atomic E-state index is -3.95. The number of hydrogen-bond acceptors (Lipinski definition) is 4. The van der Waals surface area contributed by atoms with Crippen molar-refractivity contribution in [2.75, 3.05) is 17.5 Å². The highest BCUT2D eigenvalue weighted by Crippen LogP contribution is 2.29. The van der Waals surface area contributed by atoms with Gasteiger partial charge in [0.05, 0.1) is 29.2 Å². The fourth-order valence-electron chi connectivity index (χ4n) is 3.88. The summed E-state index contributed by atoms with van der Waals surface area (Å²) in [5.74, 6) is 0.362. The average Bonchev–Trinajstić information content (AvgIpc) is 2.92. The van der Waals surface area contributed by atoms with Gasteiger partial charge in [0.2, 0.25) is 0 Å². The fourth-order valence-corrected chi connectivity index (χ4v) is 5.38. The van der Waals surface area contributed by atoms with Crippen molar-refractivity contribution >= 4 is 21.6 Å². The Kier molecular flexibility index (Phi) is 8.25. The Morgan fingerprint density at radius 2 is 1.46 bits per heavy atom. The largest absolute Gasteiger partial charge is 0.492 e. The Morgan fingerprint density at radius 3 is 2.16 bits per heavy atom. The number of amides is 1. The van der Waals surface area contributed by atoms with Gasteiger partial charge in [-0.05, 0) is 66.9 Å². The van der Waals surface area contributed by atoms with Crippen molar-refractivity contribution in [3.63, 3.8) is 0 Å². The monoisotopic (exact) mass is 514 g/mol. The van der Waals surface area contributed by atoms with Gasteiger partial charge >= 0.3 is 0 Å². The Hall–Kier alpha value is -4.10. The summed E-state index contributed by atoms with van der Waals surface area (Å²) in [4.78, 5) is 13.4. The second kappa shape index (κ2) is 11.8. The molecule has 7 heteroatoms. The fraction of sp³-hybridized carbons (Fsp3) is 0.167. The van der Waals surface area contributed by atoms with Crippen molar-refractivity contribution < 1.29 is 17.9 Å². The van der Waals surface area contributed by atoms with Gasteiger partial charge < -0.3 is 10.1 Å². The molecule has 0 aliphatic rings. The predicted molar refractivity (Wildman–Crippen MR) is 146 cm³/mol. The minimum Gasteiger partial charge on any atom is -0.492 e. The molecule has 190 valence electrons. The molecule has 0 bridgehead atoms.